The molecule has 8 heteroatoms. The minimum Gasteiger partial charge on any atom is -0.495 e. The number of rotatable bonds is 7. The summed E-state index contributed by atoms with van der Waals surface area (Å²) >= 11 is 0. The summed E-state index contributed by atoms with van der Waals surface area (Å²) in [6.07, 6.45) is 4.53. The number of benzene rings is 2. The highest BCUT2D eigenvalue weighted by Crippen LogP contribution is 2.31. The number of nitrogens with two attached hydrogens (primary N) is 1. The third-order valence-electron chi connectivity index (χ3n) is 5.77. The molecule has 3 aromatic rings. The lowest BCUT2D eigenvalue weighted by molar-refractivity contribution is 0.202. The fourth-order valence-corrected chi connectivity index (χ4v) is 4.75. The van der Waals surface area contributed by atoms with E-state index in [1.807, 2.05) is 42.6 Å². The smallest absolute Gasteiger partial charge is 0.241 e. The van der Waals surface area contributed by atoms with Crippen molar-refractivity contribution < 1.29 is 17.6 Å². The number of hydrogen-bond acceptors (Lipinski definition) is 6. The predicted octanol–water partition coefficient (Wildman–Crippen LogP) is 3.42. The fourth-order valence-electron chi connectivity index (χ4n) is 4.00. The van der Waals surface area contributed by atoms with Gasteiger partial charge < -0.3 is 14.1 Å². The standard InChI is InChI=1S/C23H27N3O4S/c1-29-20-8-7-17(15-22(20)31(24,27)28)9-12-26-13-10-19(11-14-26)23-25-16-21(30-23)18-5-3-2-4-6-18/h2-8,15-16,19H,9-14H2,1H3,(H2,24,27,28). The van der Waals surface area contributed by atoms with Crippen LogP contribution in [0.1, 0.15) is 30.2 Å². The second-order valence-corrected chi connectivity index (χ2v) is 9.35. The first-order chi connectivity index (χ1) is 14.9. The van der Waals surface area contributed by atoms with Crippen LogP contribution >= 0.6 is 0 Å². The number of primary sulfonamides is 1. The predicted molar refractivity (Wildman–Crippen MR) is 118 cm³/mol. The van der Waals surface area contributed by atoms with E-state index in [0.29, 0.717) is 5.92 Å². The number of piperidine rings is 1. The molecule has 1 aliphatic rings. The third-order valence-corrected chi connectivity index (χ3v) is 6.70. The maximum Gasteiger partial charge on any atom is 0.241 e. The van der Waals surface area contributed by atoms with Crippen LogP contribution < -0.4 is 9.88 Å². The summed E-state index contributed by atoms with van der Waals surface area (Å²) in [5.41, 5.74) is 1.96. The van der Waals surface area contributed by atoms with Crippen LogP contribution in [-0.2, 0) is 16.4 Å². The second-order valence-electron chi connectivity index (χ2n) is 7.82. The van der Waals surface area contributed by atoms with Gasteiger partial charge in [0, 0.05) is 18.0 Å². The molecule has 0 atom stereocenters. The molecule has 0 aliphatic carbocycles. The van der Waals surface area contributed by atoms with E-state index >= 15 is 0 Å². The molecular weight excluding hydrogens is 414 g/mol. The maximum atomic E-state index is 11.8. The van der Waals surface area contributed by atoms with Crippen LogP contribution in [0.5, 0.6) is 5.75 Å². The second kappa shape index (κ2) is 9.21. The molecule has 0 amide bonds. The third kappa shape index (κ3) is 5.15. The van der Waals surface area contributed by atoms with Crippen LogP contribution in [0.3, 0.4) is 0 Å². The number of aromatic nitrogens is 1. The van der Waals surface area contributed by atoms with Crippen LogP contribution in [0.4, 0.5) is 0 Å². The first kappa shape index (κ1) is 21.5. The van der Waals surface area contributed by atoms with Crippen LogP contribution in [0.15, 0.2) is 64.0 Å². The summed E-state index contributed by atoms with van der Waals surface area (Å²) in [5, 5.41) is 5.32. The van der Waals surface area contributed by atoms with Crippen LogP contribution in [0.2, 0.25) is 0 Å². The molecule has 1 aliphatic heterocycles. The monoisotopic (exact) mass is 441 g/mol. The van der Waals surface area contributed by atoms with Gasteiger partial charge in [0.1, 0.15) is 10.6 Å². The molecule has 164 valence electrons. The lowest BCUT2D eigenvalue weighted by atomic mass is 9.96. The van der Waals surface area contributed by atoms with Crippen LogP contribution in [-0.4, -0.2) is 45.0 Å². The SMILES string of the molecule is COc1ccc(CCN2CCC(c3ncc(-c4ccccc4)o3)CC2)cc1S(N)(=O)=O. The zero-order valence-electron chi connectivity index (χ0n) is 17.5. The average Bonchev–Trinajstić information content (AvgIpc) is 3.28. The van der Waals surface area contributed by atoms with Crippen molar-refractivity contribution in [3.05, 3.63) is 66.2 Å². The molecule has 2 N–H and O–H groups in total. The molecule has 2 aromatic carbocycles. The van der Waals surface area contributed by atoms with Crippen molar-refractivity contribution in [3.8, 4) is 17.1 Å². The van der Waals surface area contributed by atoms with Gasteiger partial charge in [-0.25, -0.2) is 18.5 Å². The Balaban J connectivity index is 1.33. The van der Waals surface area contributed by atoms with E-state index in [9.17, 15) is 8.42 Å². The highest BCUT2D eigenvalue weighted by molar-refractivity contribution is 7.89. The summed E-state index contributed by atoms with van der Waals surface area (Å²) < 4.78 is 34.8. The number of methoxy groups -OCH3 is 1. The first-order valence-electron chi connectivity index (χ1n) is 10.4. The maximum absolute atomic E-state index is 11.8. The minimum absolute atomic E-state index is 0.0318. The molecule has 1 aromatic heterocycles. The van der Waals surface area contributed by atoms with Gasteiger partial charge in [-0.2, -0.15) is 0 Å². The van der Waals surface area contributed by atoms with Crippen molar-refractivity contribution in [1.29, 1.82) is 0 Å². The molecule has 1 fully saturated rings. The summed E-state index contributed by atoms with van der Waals surface area (Å²) in [7, 11) is -2.39. The Hall–Kier alpha value is -2.68. The van der Waals surface area contributed by atoms with Crippen molar-refractivity contribution in [2.24, 2.45) is 5.14 Å². The highest BCUT2D eigenvalue weighted by atomic mass is 32.2. The highest BCUT2D eigenvalue weighted by Gasteiger charge is 2.24. The van der Waals surface area contributed by atoms with Gasteiger partial charge >= 0.3 is 0 Å². The Morgan fingerprint density at radius 3 is 2.58 bits per heavy atom. The molecule has 31 heavy (non-hydrogen) atoms. The lowest BCUT2D eigenvalue weighted by Crippen LogP contribution is -2.34. The van der Waals surface area contributed by atoms with Gasteiger partial charge in [0.15, 0.2) is 11.7 Å². The molecule has 7 nitrogen and oxygen atoms in total. The Morgan fingerprint density at radius 2 is 1.90 bits per heavy atom. The molecule has 4 rings (SSSR count). The Morgan fingerprint density at radius 1 is 1.16 bits per heavy atom. The van der Waals surface area contributed by atoms with Gasteiger partial charge in [-0.05, 0) is 50.0 Å². The van der Waals surface area contributed by atoms with Gasteiger partial charge in [0.05, 0.1) is 13.3 Å². The van der Waals surface area contributed by atoms with Gasteiger partial charge in [0.25, 0.3) is 0 Å². The van der Waals surface area contributed by atoms with E-state index in [1.165, 1.54) is 7.11 Å². The number of sulfonamides is 1. The molecule has 2 heterocycles. The number of hydrogen-bond donors (Lipinski definition) is 1. The van der Waals surface area contributed by atoms with Gasteiger partial charge in [-0.15, -0.1) is 0 Å². The van der Waals surface area contributed by atoms with Crippen molar-refractivity contribution >= 4 is 10.0 Å². The number of oxazole rings is 1. The van der Waals surface area contributed by atoms with E-state index in [4.69, 9.17) is 14.3 Å². The minimum atomic E-state index is -3.82. The Kier molecular flexibility index (Phi) is 6.41. The molecular formula is C23H27N3O4S. The zero-order valence-corrected chi connectivity index (χ0v) is 18.3. The van der Waals surface area contributed by atoms with Crippen molar-refractivity contribution in [1.82, 2.24) is 9.88 Å². The van der Waals surface area contributed by atoms with E-state index < -0.39 is 10.0 Å². The average molecular weight is 442 g/mol. The lowest BCUT2D eigenvalue weighted by Gasteiger charge is -2.30. The van der Waals surface area contributed by atoms with E-state index in [1.54, 1.807) is 12.1 Å². The number of likely N-dealkylation sites (tertiary alicyclic amines) is 1. The van der Waals surface area contributed by atoms with E-state index in [0.717, 1.165) is 61.7 Å². The largest absolute Gasteiger partial charge is 0.495 e. The summed E-state index contributed by atoms with van der Waals surface area (Å²) in [6.45, 7) is 2.75. The summed E-state index contributed by atoms with van der Waals surface area (Å²) in [5.74, 6) is 2.21. The molecule has 0 spiro atoms. The molecule has 0 bridgehead atoms. The normalized spacial score (nSPS) is 15.8. The summed E-state index contributed by atoms with van der Waals surface area (Å²) in [6, 6.07) is 15.2. The number of nitrogens with zero attached hydrogens (tertiary/aromatic N) is 2. The van der Waals surface area contributed by atoms with Gasteiger partial charge in [0.2, 0.25) is 10.0 Å². The molecule has 0 unspecified atom stereocenters. The van der Waals surface area contributed by atoms with Gasteiger partial charge in [-0.1, -0.05) is 36.4 Å². The van der Waals surface area contributed by atoms with Crippen molar-refractivity contribution in [3.63, 3.8) is 0 Å². The summed E-state index contributed by atoms with van der Waals surface area (Å²) in [4.78, 5) is 6.94. The first-order valence-corrected chi connectivity index (χ1v) is 11.9. The Bertz CT molecular complexity index is 1120. The van der Waals surface area contributed by atoms with Crippen molar-refractivity contribution in [2.45, 2.75) is 30.1 Å². The molecule has 1 saturated heterocycles. The van der Waals surface area contributed by atoms with Gasteiger partial charge in [-0.3, -0.25) is 0 Å². The van der Waals surface area contributed by atoms with Crippen LogP contribution in [0.25, 0.3) is 11.3 Å². The van der Waals surface area contributed by atoms with Crippen molar-refractivity contribution in [2.75, 3.05) is 26.7 Å². The quantitative estimate of drug-likeness (QED) is 0.603. The zero-order chi connectivity index (χ0) is 21.8. The van der Waals surface area contributed by atoms with Crippen LogP contribution in [0, 0.1) is 0 Å². The Labute approximate surface area is 182 Å². The topological polar surface area (TPSA) is 98.7 Å². The van der Waals surface area contributed by atoms with E-state index in [-0.39, 0.29) is 10.6 Å². The number of ether oxygens (including phenoxy) is 1. The van der Waals surface area contributed by atoms with E-state index in [2.05, 4.69) is 9.88 Å². The fraction of sp³-hybridized carbons (Fsp3) is 0.348. The molecule has 0 radical (unpaired) electrons. The molecule has 0 saturated carbocycles.